The lowest BCUT2D eigenvalue weighted by Gasteiger charge is -2.45. The van der Waals surface area contributed by atoms with Gasteiger partial charge in [-0.2, -0.15) is 4.31 Å². The van der Waals surface area contributed by atoms with Gasteiger partial charge in [-0.25, -0.2) is 22.2 Å². The molecule has 6 nitrogen and oxygen atoms in total. The van der Waals surface area contributed by atoms with Crippen LogP contribution in [0.2, 0.25) is 0 Å². The third-order valence-corrected chi connectivity index (χ3v) is 10.8. The zero-order chi connectivity index (χ0) is 25.3. The summed E-state index contributed by atoms with van der Waals surface area (Å²) in [5, 5.41) is 0. The first-order valence-electron chi connectivity index (χ1n) is 12.2. The van der Waals surface area contributed by atoms with Crippen LogP contribution >= 0.6 is 11.3 Å². The molecule has 3 aliphatic rings. The Hall–Kier alpha value is -2.43. The lowest BCUT2D eigenvalue weighted by atomic mass is 9.75. The van der Waals surface area contributed by atoms with Crippen LogP contribution in [0.5, 0.6) is 0 Å². The number of aryl methyl sites for hydroxylation is 1. The Morgan fingerprint density at radius 2 is 1.92 bits per heavy atom. The molecule has 1 aliphatic heterocycles. The van der Waals surface area contributed by atoms with Crippen molar-refractivity contribution in [3.63, 3.8) is 0 Å². The minimum atomic E-state index is -3.86. The van der Waals surface area contributed by atoms with E-state index in [4.69, 9.17) is 0 Å². The monoisotopic (exact) mass is 531 g/mol. The van der Waals surface area contributed by atoms with Gasteiger partial charge < -0.3 is 4.90 Å². The van der Waals surface area contributed by atoms with Crippen LogP contribution in [0.15, 0.2) is 52.9 Å². The molecule has 1 amide bonds. The van der Waals surface area contributed by atoms with E-state index in [1.807, 2.05) is 25.1 Å². The summed E-state index contributed by atoms with van der Waals surface area (Å²) in [5.41, 5.74) is 3.40. The van der Waals surface area contributed by atoms with Crippen LogP contribution in [0.25, 0.3) is 10.2 Å². The number of alkyl halides is 2. The molecule has 2 saturated carbocycles. The molecule has 2 heterocycles. The van der Waals surface area contributed by atoms with Gasteiger partial charge in [0.15, 0.2) is 0 Å². The SMILES string of the molecule is Cc1ccc(S(=O)(=O)N2CCCC2C(=O)N(Cc2ccc3scnc3c2)C2CC3(C2)CC3(F)F)cc1. The van der Waals surface area contributed by atoms with Crippen LogP contribution in [0, 0.1) is 12.3 Å². The Morgan fingerprint density at radius 1 is 1.19 bits per heavy atom. The molecular formula is C26H27F2N3O3S2. The van der Waals surface area contributed by atoms with Crippen LogP contribution < -0.4 is 0 Å². The summed E-state index contributed by atoms with van der Waals surface area (Å²) in [7, 11) is -3.86. The van der Waals surface area contributed by atoms with Gasteiger partial charge >= 0.3 is 0 Å². The first-order chi connectivity index (χ1) is 17.1. The Bertz CT molecular complexity index is 1430. The summed E-state index contributed by atoms with van der Waals surface area (Å²) < 4.78 is 57.2. The third kappa shape index (κ3) is 3.85. The van der Waals surface area contributed by atoms with Crippen molar-refractivity contribution in [2.45, 2.75) is 68.5 Å². The molecule has 1 spiro atoms. The predicted octanol–water partition coefficient (Wildman–Crippen LogP) is 4.97. The fourth-order valence-electron chi connectivity index (χ4n) is 5.78. The van der Waals surface area contributed by atoms with Gasteiger partial charge in [0.2, 0.25) is 15.9 Å². The van der Waals surface area contributed by atoms with Gasteiger partial charge in [0.05, 0.1) is 20.6 Å². The highest BCUT2D eigenvalue weighted by Gasteiger charge is 2.76. The topological polar surface area (TPSA) is 70.6 Å². The van der Waals surface area contributed by atoms with Crippen LogP contribution in [-0.4, -0.2) is 53.1 Å². The first kappa shape index (κ1) is 23.9. The van der Waals surface area contributed by atoms with Crippen LogP contribution in [0.3, 0.4) is 0 Å². The number of aromatic nitrogens is 1. The number of hydrogen-bond donors (Lipinski definition) is 0. The van der Waals surface area contributed by atoms with Gasteiger partial charge in [0.1, 0.15) is 6.04 Å². The zero-order valence-corrected chi connectivity index (χ0v) is 21.5. The van der Waals surface area contributed by atoms with E-state index < -0.39 is 27.4 Å². The van der Waals surface area contributed by atoms with Gasteiger partial charge in [-0.1, -0.05) is 23.8 Å². The van der Waals surface area contributed by atoms with Crippen molar-refractivity contribution in [2.24, 2.45) is 5.41 Å². The van der Waals surface area contributed by atoms with Crippen molar-refractivity contribution in [1.82, 2.24) is 14.2 Å². The second kappa shape index (κ2) is 8.29. The number of fused-ring (bicyclic) bond motifs is 1. The summed E-state index contributed by atoms with van der Waals surface area (Å²) in [6, 6.07) is 11.2. The Labute approximate surface area is 213 Å². The van der Waals surface area contributed by atoms with Crippen molar-refractivity contribution in [2.75, 3.05) is 6.54 Å². The van der Waals surface area contributed by atoms with E-state index in [0.29, 0.717) is 12.8 Å². The standard InChI is InChI=1S/C26H27F2N3O3S2/c1-17-4-7-20(8-5-17)36(33,34)31-10-2-3-22(31)24(32)30(19-12-25(13-19)15-26(25,27)28)14-18-6-9-23-21(11-18)29-16-35-23/h4-9,11,16,19,22H,2-3,10,12-15H2,1H3. The van der Waals surface area contributed by atoms with Gasteiger partial charge in [0.25, 0.3) is 5.92 Å². The second-order valence-electron chi connectivity index (χ2n) is 10.4. The van der Waals surface area contributed by atoms with E-state index in [9.17, 15) is 22.0 Å². The number of carbonyl (C=O) groups excluding carboxylic acids is 1. The van der Waals surface area contributed by atoms with Gasteiger partial charge in [-0.3, -0.25) is 4.79 Å². The lowest BCUT2D eigenvalue weighted by molar-refractivity contribution is -0.143. The largest absolute Gasteiger partial charge is 0.334 e. The predicted molar refractivity (Wildman–Crippen MR) is 133 cm³/mol. The number of sulfonamides is 1. The van der Waals surface area contributed by atoms with E-state index in [1.165, 1.54) is 15.6 Å². The molecule has 2 aliphatic carbocycles. The number of carbonyl (C=O) groups is 1. The molecule has 0 N–H and O–H groups in total. The summed E-state index contributed by atoms with van der Waals surface area (Å²) >= 11 is 1.52. The van der Waals surface area contributed by atoms with Crippen molar-refractivity contribution in [3.8, 4) is 0 Å². The van der Waals surface area contributed by atoms with Crippen molar-refractivity contribution < 1.29 is 22.0 Å². The molecule has 6 rings (SSSR count). The molecule has 2 aromatic carbocycles. The lowest BCUT2D eigenvalue weighted by Crippen LogP contribution is -2.55. The summed E-state index contributed by atoms with van der Waals surface area (Å²) in [6.07, 6.45) is 1.37. The molecule has 1 unspecified atom stereocenters. The highest BCUT2D eigenvalue weighted by molar-refractivity contribution is 7.89. The summed E-state index contributed by atoms with van der Waals surface area (Å²) in [4.78, 5) is 20.1. The molecule has 1 aromatic heterocycles. The quantitative estimate of drug-likeness (QED) is 0.450. The van der Waals surface area contributed by atoms with Crippen LogP contribution in [0.4, 0.5) is 8.78 Å². The Kier molecular flexibility index (Phi) is 5.51. The van der Waals surface area contributed by atoms with Crippen LogP contribution in [0.1, 0.15) is 43.2 Å². The maximum Gasteiger partial charge on any atom is 0.254 e. The zero-order valence-electron chi connectivity index (χ0n) is 19.9. The molecule has 0 bridgehead atoms. The fourth-order valence-corrected chi connectivity index (χ4v) is 8.09. The molecule has 3 aromatic rings. The highest BCUT2D eigenvalue weighted by Crippen LogP contribution is 2.71. The van der Waals surface area contributed by atoms with Crippen molar-refractivity contribution in [1.29, 1.82) is 0 Å². The average molecular weight is 532 g/mol. The van der Waals surface area contributed by atoms with E-state index in [2.05, 4.69) is 4.98 Å². The van der Waals surface area contributed by atoms with Gasteiger partial charge in [-0.15, -0.1) is 11.3 Å². The minimum absolute atomic E-state index is 0.124. The number of thiazole rings is 1. The maximum absolute atomic E-state index is 14.0. The third-order valence-electron chi connectivity index (χ3n) is 8.05. The minimum Gasteiger partial charge on any atom is -0.334 e. The smallest absolute Gasteiger partial charge is 0.254 e. The van der Waals surface area contributed by atoms with E-state index in [0.717, 1.165) is 21.3 Å². The molecule has 190 valence electrons. The van der Waals surface area contributed by atoms with E-state index >= 15 is 0 Å². The summed E-state index contributed by atoms with van der Waals surface area (Å²) in [5.74, 6) is -2.96. The van der Waals surface area contributed by atoms with E-state index in [-0.39, 0.29) is 49.2 Å². The van der Waals surface area contributed by atoms with Crippen LogP contribution in [-0.2, 0) is 21.4 Å². The maximum atomic E-state index is 14.0. The molecule has 0 radical (unpaired) electrons. The Balaban J connectivity index is 1.29. The number of amides is 1. The second-order valence-corrected chi connectivity index (χ2v) is 13.2. The highest BCUT2D eigenvalue weighted by atomic mass is 32.2. The molecule has 1 saturated heterocycles. The molecule has 1 atom stereocenters. The van der Waals surface area contributed by atoms with Crippen molar-refractivity contribution in [3.05, 3.63) is 59.1 Å². The average Bonchev–Trinajstić information content (AvgIpc) is 3.23. The molecular weight excluding hydrogens is 504 g/mol. The normalized spacial score (nSPS) is 27.3. The Morgan fingerprint density at radius 3 is 2.61 bits per heavy atom. The number of nitrogens with zero attached hydrogens (tertiary/aromatic N) is 3. The van der Waals surface area contributed by atoms with Crippen molar-refractivity contribution >= 4 is 37.5 Å². The summed E-state index contributed by atoms with van der Waals surface area (Å²) in [6.45, 7) is 2.39. The molecule has 36 heavy (non-hydrogen) atoms. The van der Waals surface area contributed by atoms with E-state index in [1.54, 1.807) is 34.7 Å². The first-order valence-corrected chi connectivity index (χ1v) is 14.5. The molecule has 10 heteroatoms. The van der Waals surface area contributed by atoms with Gasteiger partial charge in [-0.05, 0) is 62.4 Å². The number of halogens is 2. The fraction of sp³-hybridized carbons (Fsp3) is 0.462. The number of rotatable bonds is 6. The molecule has 3 fully saturated rings. The van der Waals surface area contributed by atoms with Gasteiger partial charge in [0, 0.05) is 31.0 Å². The number of hydrogen-bond acceptors (Lipinski definition) is 5. The number of benzene rings is 2.